The normalized spacial score (nSPS) is 13.5. The van der Waals surface area contributed by atoms with E-state index in [4.69, 9.17) is 0 Å². The van der Waals surface area contributed by atoms with Crippen molar-refractivity contribution in [2.75, 3.05) is 25.0 Å². The molecule has 1 fully saturated rings. The molecule has 0 spiro atoms. The molecule has 3 N–H and O–H groups in total. The van der Waals surface area contributed by atoms with Gasteiger partial charge >= 0.3 is 0 Å². The van der Waals surface area contributed by atoms with E-state index in [0.717, 1.165) is 37.2 Å². The van der Waals surface area contributed by atoms with Gasteiger partial charge < -0.3 is 20.9 Å². The minimum absolute atomic E-state index is 0.0733. The molecular formula is C25H32N4O3. The van der Waals surface area contributed by atoms with Crippen molar-refractivity contribution in [3.63, 3.8) is 0 Å². The van der Waals surface area contributed by atoms with E-state index in [-0.39, 0.29) is 29.8 Å². The van der Waals surface area contributed by atoms with E-state index in [0.29, 0.717) is 17.7 Å². The molecule has 2 aromatic carbocycles. The number of rotatable bonds is 7. The van der Waals surface area contributed by atoms with Crippen LogP contribution in [0.3, 0.4) is 0 Å². The third-order valence-corrected chi connectivity index (χ3v) is 5.17. The zero-order chi connectivity index (χ0) is 23.1. The van der Waals surface area contributed by atoms with Crippen LogP contribution in [0.25, 0.3) is 0 Å². The fourth-order valence-electron chi connectivity index (χ4n) is 3.47. The van der Waals surface area contributed by atoms with Gasteiger partial charge in [0, 0.05) is 42.0 Å². The summed E-state index contributed by atoms with van der Waals surface area (Å²) in [6.07, 6.45) is 2.14. The van der Waals surface area contributed by atoms with Gasteiger partial charge in [0.2, 0.25) is 5.91 Å². The summed E-state index contributed by atoms with van der Waals surface area (Å²) in [6.45, 7) is 7.97. The number of likely N-dealkylation sites (tertiary alicyclic amines) is 1. The molecular weight excluding hydrogens is 404 g/mol. The molecule has 2 aromatic rings. The van der Waals surface area contributed by atoms with Crippen LogP contribution in [0.2, 0.25) is 0 Å². The summed E-state index contributed by atoms with van der Waals surface area (Å²) in [5, 5.41) is 8.84. The maximum atomic E-state index is 12.4. The van der Waals surface area contributed by atoms with Crippen LogP contribution < -0.4 is 16.0 Å². The number of carbonyl (C=O) groups excluding carboxylic acids is 3. The zero-order valence-electron chi connectivity index (χ0n) is 19.0. The lowest BCUT2D eigenvalue weighted by atomic mass is 10.1. The van der Waals surface area contributed by atoms with Crippen LogP contribution in [0.15, 0.2) is 48.5 Å². The molecule has 1 aliphatic heterocycles. The Balaban J connectivity index is 1.42. The standard InChI is InChI=1S/C25H32N4O3/c1-25(2,3)28-23(31)19-10-12-21(13-11-19)26-17-22(30)27-16-18-6-8-20(9-7-18)24(32)29-14-4-5-15-29/h6-13,26H,4-5,14-17H2,1-3H3,(H,27,30)(H,28,31). The number of nitrogens with zero attached hydrogens (tertiary/aromatic N) is 1. The molecule has 170 valence electrons. The van der Waals surface area contributed by atoms with Gasteiger partial charge in [0.05, 0.1) is 6.54 Å². The quantitative estimate of drug-likeness (QED) is 0.622. The number of anilines is 1. The van der Waals surface area contributed by atoms with Crippen LogP contribution in [0.4, 0.5) is 5.69 Å². The lowest BCUT2D eigenvalue weighted by Crippen LogP contribution is -2.40. The topological polar surface area (TPSA) is 90.5 Å². The van der Waals surface area contributed by atoms with Crippen LogP contribution >= 0.6 is 0 Å². The van der Waals surface area contributed by atoms with Crippen molar-refractivity contribution in [1.29, 1.82) is 0 Å². The third-order valence-electron chi connectivity index (χ3n) is 5.17. The SMILES string of the molecule is CC(C)(C)NC(=O)c1ccc(NCC(=O)NCc2ccc(C(=O)N3CCCC3)cc2)cc1. The summed E-state index contributed by atoms with van der Waals surface area (Å²) in [5.74, 6) is -0.198. The Morgan fingerprint density at radius 3 is 2.06 bits per heavy atom. The van der Waals surface area contributed by atoms with Crippen molar-refractivity contribution < 1.29 is 14.4 Å². The average Bonchev–Trinajstić information content (AvgIpc) is 3.30. The monoisotopic (exact) mass is 436 g/mol. The fourth-order valence-corrected chi connectivity index (χ4v) is 3.47. The van der Waals surface area contributed by atoms with Crippen LogP contribution in [0.5, 0.6) is 0 Å². The summed E-state index contributed by atoms with van der Waals surface area (Å²) in [6, 6.07) is 14.4. The van der Waals surface area contributed by atoms with Crippen LogP contribution in [-0.2, 0) is 11.3 Å². The second-order valence-electron chi connectivity index (χ2n) is 9.11. The molecule has 7 nitrogen and oxygen atoms in total. The van der Waals surface area contributed by atoms with Gasteiger partial charge in [-0.05, 0) is 75.6 Å². The molecule has 7 heteroatoms. The predicted octanol–water partition coefficient (Wildman–Crippen LogP) is 3.18. The Morgan fingerprint density at radius 2 is 1.47 bits per heavy atom. The van der Waals surface area contributed by atoms with Crippen molar-refractivity contribution in [2.45, 2.75) is 45.7 Å². The average molecular weight is 437 g/mol. The van der Waals surface area contributed by atoms with E-state index in [9.17, 15) is 14.4 Å². The first-order chi connectivity index (χ1) is 15.2. The third kappa shape index (κ3) is 6.83. The molecule has 0 atom stereocenters. The van der Waals surface area contributed by atoms with Gasteiger partial charge in [-0.1, -0.05) is 12.1 Å². The van der Waals surface area contributed by atoms with Gasteiger partial charge in [0.15, 0.2) is 0 Å². The van der Waals surface area contributed by atoms with E-state index in [2.05, 4.69) is 16.0 Å². The van der Waals surface area contributed by atoms with Crippen molar-refractivity contribution in [3.8, 4) is 0 Å². The lowest BCUT2D eigenvalue weighted by Gasteiger charge is -2.20. The first-order valence-corrected chi connectivity index (χ1v) is 11.0. The van der Waals surface area contributed by atoms with Gasteiger partial charge in [-0.3, -0.25) is 14.4 Å². The van der Waals surface area contributed by atoms with Gasteiger partial charge in [0.25, 0.3) is 11.8 Å². The van der Waals surface area contributed by atoms with Crippen LogP contribution in [0.1, 0.15) is 59.9 Å². The van der Waals surface area contributed by atoms with Crippen molar-refractivity contribution in [1.82, 2.24) is 15.5 Å². The molecule has 1 aliphatic rings. The summed E-state index contributed by atoms with van der Waals surface area (Å²) in [4.78, 5) is 38.6. The first-order valence-electron chi connectivity index (χ1n) is 11.0. The molecule has 0 radical (unpaired) electrons. The maximum absolute atomic E-state index is 12.4. The zero-order valence-corrected chi connectivity index (χ0v) is 19.0. The Bertz CT molecular complexity index is 941. The highest BCUT2D eigenvalue weighted by atomic mass is 16.2. The second-order valence-corrected chi connectivity index (χ2v) is 9.11. The Hall–Kier alpha value is -3.35. The maximum Gasteiger partial charge on any atom is 0.253 e. The van der Waals surface area contributed by atoms with Crippen molar-refractivity contribution in [3.05, 3.63) is 65.2 Å². The molecule has 32 heavy (non-hydrogen) atoms. The molecule has 1 saturated heterocycles. The molecule has 0 aliphatic carbocycles. The number of hydrogen-bond acceptors (Lipinski definition) is 4. The number of amides is 3. The molecule has 3 rings (SSSR count). The lowest BCUT2D eigenvalue weighted by molar-refractivity contribution is -0.119. The number of carbonyl (C=O) groups is 3. The Labute approximate surface area is 189 Å². The Kier molecular flexibility index (Phi) is 7.51. The second kappa shape index (κ2) is 10.3. The molecule has 0 bridgehead atoms. The smallest absolute Gasteiger partial charge is 0.253 e. The minimum atomic E-state index is -0.296. The van der Waals surface area contributed by atoms with E-state index in [1.807, 2.05) is 49.9 Å². The van der Waals surface area contributed by atoms with Gasteiger partial charge in [-0.2, -0.15) is 0 Å². The van der Waals surface area contributed by atoms with E-state index >= 15 is 0 Å². The number of benzene rings is 2. The van der Waals surface area contributed by atoms with Gasteiger partial charge in [-0.25, -0.2) is 0 Å². The fraction of sp³-hybridized carbons (Fsp3) is 0.400. The summed E-state index contributed by atoms with van der Waals surface area (Å²) in [7, 11) is 0. The Morgan fingerprint density at radius 1 is 0.875 bits per heavy atom. The molecule has 0 unspecified atom stereocenters. The highest BCUT2D eigenvalue weighted by Gasteiger charge is 2.19. The number of hydrogen-bond donors (Lipinski definition) is 3. The molecule has 0 saturated carbocycles. The molecule has 3 amide bonds. The van der Waals surface area contributed by atoms with Crippen LogP contribution in [0, 0.1) is 0 Å². The highest BCUT2D eigenvalue weighted by molar-refractivity contribution is 5.95. The predicted molar refractivity (Wildman–Crippen MR) is 126 cm³/mol. The minimum Gasteiger partial charge on any atom is -0.376 e. The summed E-state index contributed by atoms with van der Waals surface area (Å²) >= 11 is 0. The van der Waals surface area contributed by atoms with E-state index in [1.54, 1.807) is 24.3 Å². The number of nitrogens with one attached hydrogen (secondary N) is 3. The summed E-state index contributed by atoms with van der Waals surface area (Å²) < 4.78 is 0. The van der Waals surface area contributed by atoms with Crippen LogP contribution in [-0.4, -0.2) is 47.8 Å². The van der Waals surface area contributed by atoms with E-state index < -0.39 is 0 Å². The molecule has 0 aromatic heterocycles. The summed E-state index contributed by atoms with van der Waals surface area (Å²) in [5.41, 5.74) is 2.66. The first kappa shape index (κ1) is 23.3. The van der Waals surface area contributed by atoms with Gasteiger partial charge in [0.1, 0.15) is 0 Å². The molecule has 1 heterocycles. The van der Waals surface area contributed by atoms with Crippen molar-refractivity contribution in [2.24, 2.45) is 0 Å². The van der Waals surface area contributed by atoms with E-state index in [1.165, 1.54) is 0 Å². The highest BCUT2D eigenvalue weighted by Crippen LogP contribution is 2.14. The van der Waals surface area contributed by atoms with Gasteiger partial charge in [-0.15, -0.1) is 0 Å². The van der Waals surface area contributed by atoms with Crippen molar-refractivity contribution >= 4 is 23.4 Å². The largest absolute Gasteiger partial charge is 0.376 e.